The maximum Gasteiger partial charge on any atom is 0.318 e. The predicted octanol–water partition coefficient (Wildman–Crippen LogP) is 4.16. The Kier molecular flexibility index (Phi) is 7.07. The quantitative estimate of drug-likeness (QED) is 0.341. The molecule has 0 amide bonds. The number of fused-ring (bicyclic) bond motifs is 4. The van der Waals surface area contributed by atoms with Crippen LogP contribution in [0.2, 0.25) is 0 Å². The number of ether oxygens (including phenoxy) is 1. The van der Waals surface area contributed by atoms with Crippen LogP contribution in [0.15, 0.2) is 30.3 Å². The Bertz CT molecular complexity index is 1360. The molecule has 4 atom stereocenters. The van der Waals surface area contributed by atoms with Crippen molar-refractivity contribution in [3.8, 4) is 17.1 Å². The number of para-hydroxylation sites is 1. The van der Waals surface area contributed by atoms with Gasteiger partial charge in [0, 0.05) is 71.7 Å². The number of methoxy groups -OCH3 is 1. The summed E-state index contributed by atoms with van der Waals surface area (Å²) in [4.78, 5) is 13.4. The van der Waals surface area contributed by atoms with Gasteiger partial charge in [-0.25, -0.2) is 8.78 Å². The van der Waals surface area contributed by atoms with Gasteiger partial charge in [-0.1, -0.05) is 24.3 Å². The highest BCUT2D eigenvalue weighted by atomic mass is 19.1. The van der Waals surface area contributed by atoms with Gasteiger partial charge in [0.1, 0.15) is 17.5 Å². The third kappa shape index (κ3) is 4.91. The molecule has 0 spiro atoms. The number of hydrogen-bond donors (Lipinski definition) is 3. The fourth-order valence-corrected chi connectivity index (χ4v) is 6.61. The molecule has 4 aliphatic rings. The molecule has 0 aliphatic carbocycles. The van der Waals surface area contributed by atoms with E-state index in [2.05, 4.69) is 25.1 Å². The average molecular weight is 536 g/mol. The number of benzene rings is 2. The number of nitrogens with one attached hydrogen (secondary N) is 2. The highest BCUT2D eigenvalue weighted by Crippen LogP contribution is 2.37. The zero-order valence-electron chi connectivity index (χ0n) is 22.2. The van der Waals surface area contributed by atoms with Gasteiger partial charge in [-0.2, -0.15) is 9.97 Å². The third-order valence-electron chi connectivity index (χ3n) is 8.51. The van der Waals surface area contributed by atoms with Gasteiger partial charge in [0.05, 0.1) is 7.11 Å². The number of anilines is 2. The predicted molar refractivity (Wildman–Crippen MR) is 150 cm³/mol. The minimum Gasteiger partial charge on any atom is -0.467 e. The minimum atomic E-state index is -0.518. The number of piperazine rings is 1. The van der Waals surface area contributed by atoms with Crippen molar-refractivity contribution in [2.45, 2.75) is 56.4 Å². The van der Waals surface area contributed by atoms with Crippen LogP contribution in [0.3, 0.4) is 0 Å². The number of halogens is 2. The lowest BCUT2D eigenvalue weighted by molar-refractivity contribution is 0.292. The molecule has 2 aromatic carbocycles. The van der Waals surface area contributed by atoms with Gasteiger partial charge in [-0.3, -0.25) is 4.90 Å². The van der Waals surface area contributed by atoms with Crippen LogP contribution in [-0.2, 0) is 0 Å². The Balaban J connectivity index is 0.000000258. The van der Waals surface area contributed by atoms with E-state index in [1.54, 1.807) is 24.3 Å². The first kappa shape index (κ1) is 25.9. The van der Waals surface area contributed by atoms with Gasteiger partial charge >= 0.3 is 6.01 Å². The number of rotatable bonds is 4. The van der Waals surface area contributed by atoms with Crippen LogP contribution < -0.4 is 20.7 Å². The van der Waals surface area contributed by atoms with Crippen molar-refractivity contribution in [1.82, 2.24) is 20.2 Å². The summed E-state index contributed by atoms with van der Waals surface area (Å²) in [6, 6.07) is 10.4. The number of alkyl halides is 1. The second kappa shape index (κ2) is 10.7. The summed E-state index contributed by atoms with van der Waals surface area (Å²) < 4.78 is 33.6. The fourth-order valence-electron chi connectivity index (χ4n) is 6.61. The molecule has 4 unspecified atom stereocenters. The molecule has 10 heteroatoms. The molecule has 39 heavy (non-hydrogen) atoms. The topological polar surface area (TPSA) is 103 Å². The lowest BCUT2D eigenvalue weighted by atomic mass is 9.98. The van der Waals surface area contributed by atoms with Crippen LogP contribution in [-0.4, -0.2) is 78.7 Å². The second-order valence-corrected chi connectivity index (χ2v) is 11.0. The van der Waals surface area contributed by atoms with E-state index < -0.39 is 12.0 Å². The number of nitrogens with two attached hydrogens (primary N) is 1. The van der Waals surface area contributed by atoms with Gasteiger partial charge in [0.25, 0.3) is 0 Å². The molecule has 0 saturated carbocycles. The second-order valence-electron chi connectivity index (χ2n) is 11.0. The third-order valence-corrected chi connectivity index (χ3v) is 8.51. The zero-order valence-corrected chi connectivity index (χ0v) is 22.2. The maximum absolute atomic E-state index is 15.7. The van der Waals surface area contributed by atoms with E-state index in [9.17, 15) is 4.39 Å². The first-order chi connectivity index (χ1) is 18.9. The Morgan fingerprint density at radius 2 is 1.87 bits per heavy atom. The monoisotopic (exact) mass is 535 g/mol. The normalized spacial score (nSPS) is 25.9. The van der Waals surface area contributed by atoms with Crippen molar-refractivity contribution in [2.75, 3.05) is 43.9 Å². The van der Waals surface area contributed by atoms with Crippen LogP contribution in [0.25, 0.3) is 22.0 Å². The van der Waals surface area contributed by atoms with Crippen LogP contribution in [0, 0.1) is 11.2 Å². The highest BCUT2D eigenvalue weighted by Gasteiger charge is 2.35. The summed E-state index contributed by atoms with van der Waals surface area (Å²) in [5.74, 6) is 0.225. The highest BCUT2D eigenvalue weighted by molar-refractivity contribution is 5.97. The van der Waals surface area contributed by atoms with Crippen LogP contribution in [0.5, 0.6) is 6.01 Å². The molecule has 4 fully saturated rings. The fraction of sp³-hybridized carbons (Fsp3) is 0.483. The Morgan fingerprint density at radius 1 is 1.08 bits per heavy atom. The number of nitrogen functional groups attached to an aromatic ring is 1. The van der Waals surface area contributed by atoms with E-state index in [4.69, 9.17) is 15.9 Å². The Morgan fingerprint density at radius 3 is 2.59 bits per heavy atom. The summed E-state index contributed by atoms with van der Waals surface area (Å²) >= 11 is 0. The molecule has 2 bridgehead atoms. The van der Waals surface area contributed by atoms with E-state index >= 15 is 4.39 Å². The van der Waals surface area contributed by atoms with Crippen molar-refractivity contribution in [3.05, 3.63) is 41.7 Å². The minimum absolute atomic E-state index is 0.139. The Labute approximate surface area is 227 Å². The van der Waals surface area contributed by atoms with Crippen molar-refractivity contribution >= 4 is 28.6 Å². The molecule has 5 heterocycles. The van der Waals surface area contributed by atoms with Crippen molar-refractivity contribution in [3.63, 3.8) is 0 Å². The molecule has 7 rings (SSSR count). The molecule has 8 nitrogen and oxygen atoms in total. The number of hydrogen-bond acceptors (Lipinski definition) is 8. The van der Waals surface area contributed by atoms with Crippen molar-refractivity contribution in [1.29, 1.82) is 5.41 Å². The van der Waals surface area contributed by atoms with Crippen LogP contribution >= 0.6 is 0 Å². The molecule has 4 aliphatic heterocycles. The van der Waals surface area contributed by atoms with Gasteiger partial charge in [-0.15, -0.1) is 0 Å². The Hall–Kier alpha value is -3.37. The summed E-state index contributed by atoms with van der Waals surface area (Å²) in [7, 11) is 1.49. The molecular formula is C29H35F2N7O. The standard InChI is InChI=1S/C22H23FN6O.C7H12FN/c1-30-22-27-20-17(21(28-22)29-10-13-5-6-14(11-29)26-13)8-7-15(18(20)23)16-4-2-3-12(9-24)19(16)25;8-6-4-7-2-1-3-9(7)5-6/h2-4,7-9,13-14,24,26H,5-6,10-11,25H2,1H3;6-7H,1-5H2. The van der Waals surface area contributed by atoms with E-state index in [1.807, 2.05) is 6.07 Å². The molecular weight excluding hydrogens is 500 g/mol. The smallest absolute Gasteiger partial charge is 0.318 e. The zero-order chi connectivity index (χ0) is 27.1. The SMILES string of the molecule is COc1nc(N2CC3CCC(C2)N3)c2ccc(-c3cccc(C=N)c3N)c(F)c2n1.FC1CC2CCCN2C1. The largest absolute Gasteiger partial charge is 0.467 e. The van der Waals surface area contributed by atoms with Gasteiger partial charge in [-0.05, 0) is 44.7 Å². The lowest BCUT2D eigenvalue weighted by Gasteiger charge is -2.34. The molecule has 1 aromatic heterocycles. The molecule has 0 radical (unpaired) electrons. The first-order valence-corrected chi connectivity index (χ1v) is 13.8. The lowest BCUT2D eigenvalue weighted by Crippen LogP contribution is -2.51. The van der Waals surface area contributed by atoms with E-state index in [0.717, 1.165) is 38.9 Å². The average Bonchev–Trinajstić information content (AvgIpc) is 3.63. The van der Waals surface area contributed by atoms with Gasteiger partial charge < -0.3 is 26.1 Å². The summed E-state index contributed by atoms with van der Waals surface area (Å²) in [5.41, 5.74) is 8.19. The molecule has 4 N–H and O–H groups in total. The van der Waals surface area contributed by atoms with Crippen LogP contribution in [0.4, 0.5) is 20.3 Å². The maximum atomic E-state index is 15.7. The van der Waals surface area contributed by atoms with Crippen molar-refractivity contribution in [2.24, 2.45) is 0 Å². The van der Waals surface area contributed by atoms with E-state index in [-0.39, 0.29) is 11.5 Å². The number of aromatic nitrogens is 2. The van der Waals surface area contributed by atoms with Crippen molar-refractivity contribution < 1.29 is 13.5 Å². The molecule has 206 valence electrons. The molecule has 3 aromatic rings. The summed E-state index contributed by atoms with van der Waals surface area (Å²) in [5, 5.41) is 11.8. The summed E-state index contributed by atoms with van der Waals surface area (Å²) in [6.45, 7) is 3.50. The summed E-state index contributed by atoms with van der Waals surface area (Å²) in [6.07, 6.45) is 6.26. The molecule has 4 saturated heterocycles. The van der Waals surface area contributed by atoms with E-state index in [0.29, 0.717) is 58.3 Å². The first-order valence-electron chi connectivity index (χ1n) is 13.8. The van der Waals surface area contributed by atoms with Gasteiger partial charge in [0.2, 0.25) is 0 Å². The van der Waals surface area contributed by atoms with Crippen LogP contribution in [0.1, 0.15) is 37.7 Å². The van der Waals surface area contributed by atoms with E-state index in [1.165, 1.54) is 26.2 Å². The van der Waals surface area contributed by atoms with Gasteiger partial charge in [0.15, 0.2) is 5.82 Å². The number of nitrogens with zero attached hydrogens (tertiary/aromatic N) is 4.